The Morgan fingerprint density at radius 1 is 1.22 bits per heavy atom. The third kappa shape index (κ3) is 4.14. The smallest absolute Gasteiger partial charge is 0.251 e. The van der Waals surface area contributed by atoms with Gasteiger partial charge in [0, 0.05) is 28.4 Å². The zero-order valence-corrected chi connectivity index (χ0v) is 20.7. The second kappa shape index (κ2) is 9.07. The second-order valence-corrected chi connectivity index (χ2v) is 9.84. The number of amides is 1. The largest absolute Gasteiger partial charge is 0.377 e. The lowest BCUT2D eigenvalue weighted by Crippen LogP contribution is -2.33. The molecule has 1 saturated heterocycles. The van der Waals surface area contributed by atoms with E-state index >= 15 is 0 Å². The van der Waals surface area contributed by atoms with Gasteiger partial charge in [0.1, 0.15) is 5.41 Å². The zero-order valence-electron chi connectivity index (χ0n) is 20.7. The molecule has 6 rings (SSSR count). The highest BCUT2D eigenvalue weighted by molar-refractivity contribution is 5.94. The highest BCUT2D eigenvalue weighted by atomic mass is 16.5. The molecule has 186 valence electrons. The minimum Gasteiger partial charge on any atom is -0.377 e. The van der Waals surface area contributed by atoms with Crippen LogP contribution in [-0.2, 0) is 28.0 Å². The van der Waals surface area contributed by atoms with Crippen LogP contribution in [0.2, 0.25) is 0 Å². The fraction of sp³-hybridized carbons (Fsp3) is 0.321. The summed E-state index contributed by atoms with van der Waals surface area (Å²) in [5.41, 5.74) is 5.92. The maximum Gasteiger partial charge on any atom is 0.251 e. The molecule has 0 unspecified atom stereocenters. The van der Waals surface area contributed by atoms with Crippen molar-refractivity contribution in [2.24, 2.45) is 0 Å². The lowest BCUT2D eigenvalue weighted by Gasteiger charge is -2.30. The predicted molar refractivity (Wildman–Crippen MR) is 136 cm³/mol. The molecular weight excluding hydrogens is 468 g/mol. The first-order valence-corrected chi connectivity index (χ1v) is 12.2. The highest BCUT2D eigenvalue weighted by Gasteiger charge is 2.33. The van der Waals surface area contributed by atoms with Crippen LogP contribution in [0.1, 0.15) is 45.8 Å². The predicted octanol–water partition coefficient (Wildman–Crippen LogP) is 3.61. The van der Waals surface area contributed by atoms with E-state index in [9.17, 15) is 10.1 Å². The van der Waals surface area contributed by atoms with E-state index in [0.717, 1.165) is 39.0 Å². The highest BCUT2D eigenvalue weighted by Crippen LogP contribution is 2.32. The zero-order chi connectivity index (χ0) is 25.6. The summed E-state index contributed by atoms with van der Waals surface area (Å²) in [7, 11) is 0. The van der Waals surface area contributed by atoms with Gasteiger partial charge in [0.15, 0.2) is 0 Å². The number of carbonyl (C=O) groups is 1. The monoisotopic (exact) mass is 494 g/mol. The number of aromatic nitrogens is 4. The number of fused-ring (bicyclic) bond motifs is 2. The van der Waals surface area contributed by atoms with Crippen molar-refractivity contribution in [3.05, 3.63) is 76.9 Å². The maximum atomic E-state index is 12.9. The third-order valence-electron chi connectivity index (χ3n) is 7.21. The molecule has 1 aromatic carbocycles. The van der Waals surface area contributed by atoms with Crippen LogP contribution < -0.4 is 5.32 Å². The average Bonchev–Trinajstić information content (AvgIpc) is 3.26. The molecule has 37 heavy (non-hydrogen) atoms. The van der Waals surface area contributed by atoms with E-state index in [1.165, 1.54) is 0 Å². The molecular formula is C28H26N6O3. The fourth-order valence-electron chi connectivity index (χ4n) is 4.88. The standard InChI is InChI=1S/C28H26N6O3/c1-17-23(11-32-34(17)22-13-36-14-22)25-6-5-19-9-30-21(8-26(19)33-25)10-31-27(35)18-3-4-20-12-37-16-28(2,15-29)24(20)7-18/h3-9,11,22H,10,12-14,16H2,1-2H3,(H,31,35)/t28-/m1/s1. The number of nitriles is 1. The van der Waals surface area contributed by atoms with Crippen LogP contribution in [0.3, 0.4) is 0 Å². The molecule has 1 fully saturated rings. The number of pyridine rings is 2. The maximum absolute atomic E-state index is 12.9. The van der Waals surface area contributed by atoms with Gasteiger partial charge in [0.25, 0.3) is 5.91 Å². The minimum atomic E-state index is -0.770. The Labute approximate surface area is 214 Å². The molecule has 2 aliphatic rings. The molecule has 3 aromatic heterocycles. The van der Waals surface area contributed by atoms with Gasteiger partial charge in [-0.3, -0.25) is 14.5 Å². The van der Waals surface area contributed by atoms with E-state index in [1.807, 2.05) is 49.0 Å². The molecule has 1 N–H and O–H groups in total. The number of carbonyl (C=O) groups excluding carboxylic acids is 1. The van der Waals surface area contributed by atoms with Crippen LogP contribution in [-0.4, -0.2) is 45.5 Å². The number of hydrogen-bond donors (Lipinski definition) is 1. The van der Waals surface area contributed by atoms with Crippen LogP contribution in [0, 0.1) is 18.3 Å². The van der Waals surface area contributed by atoms with Crippen LogP contribution in [0.15, 0.2) is 48.8 Å². The van der Waals surface area contributed by atoms with Crippen LogP contribution in [0.5, 0.6) is 0 Å². The van der Waals surface area contributed by atoms with Gasteiger partial charge < -0.3 is 14.8 Å². The van der Waals surface area contributed by atoms with Crippen molar-refractivity contribution in [2.45, 2.75) is 38.5 Å². The summed E-state index contributed by atoms with van der Waals surface area (Å²) in [4.78, 5) is 22.3. The molecule has 5 heterocycles. The van der Waals surface area contributed by atoms with Gasteiger partial charge in [-0.15, -0.1) is 0 Å². The first-order chi connectivity index (χ1) is 17.9. The number of nitrogens with one attached hydrogen (secondary N) is 1. The molecule has 2 aliphatic heterocycles. The molecule has 9 heteroatoms. The van der Waals surface area contributed by atoms with Gasteiger partial charge >= 0.3 is 0 Å². The van der Waals surface area contributed by atoms with Crippen molar-refractivity contribution in [1.82, 2.24) is 25.1 Å². The van der Waals surface area contributed by atoms with Crippen molar-refractivity contribution in [1.29, 1.82) is 5.26 Å². The first-order valence-electron chi connectivity index (χ1n) is 12.2. The van der Waals surface area contributed by atoms with Crippen molar-refractivity contribution < 1.29 is 14.3 Å². The number of rotatable bonds is 5. The van der Waals surface area contributed by atoms with E-state index in [0.29, 0.717) is 37.7 Å². The Balaban J connectivity index is 1.21. The summed E-state index contributed by atoms with van der Waals surface area (Å²) in [6.45, 7) is 6.27. The Morgan fingerprint density at radius 3 is 2.86 bits per heavy atom. The molecule has 4 aromatic rings. The first kappa shape index (κ1) is 23.3. The normalized spacial score (nSPS) is 19.2. The average molecular weight is 495 g/mol. The van der Waals surface area contributed by atoms with Gasteiger partial charge in [-0.25, -0.2) is 4.98 Å². The van der Waals surface area contributed by atoms with E-state index in [2.05, 4.69) is 21.5 Å². The van der Waals surface area contributed by atoms with E-state index in [4.69, 9.17) is 14.5 Å². The SMILES string of the molecule is Cc1c(-c2ccc3cnc(CNC(=O)c4ccc5c(c4)[C@](C)(C#N)COC5)cc3n2)cnn1C1COC1. The summed E-state index contributed by atoms with van der Waals surface area (Å²) < 4.78 is 12.9. The third-order valence-corrected chi connectivity index (χ3v) is 7.21. The number of hydrogen-bond acceptors (Lipinski definition) is 7. The van der Waals surface area contributed by atoms with Gasteiger partial charge in [-0.2, -0.15) is 10.4 Å². The molecule has 0 saturated carbocycles. The number of benzene rings is 1. The molecule has 0 bridgehead atoms. The summed E-state index contributed by atoms with van der Waals surface area (Å²) in [5, 5.41) is 18.1. The minimum absolute atomic E-state index is 0.221. The van der Waals surface area contributed by atoms with Crippen LogP contribution in [0.4, 0.5) is 0 Å². The van der Waals surface area contributed by atoms with E-state index in [1.54, 1.807) is 18.3 Å². The topological polar surface area (TPSA) is 115 Å². The Hall–Kier alpha value is -4.13. The van der Waals surface area contributed by atoms with Crippen LogP contribution >= 0.6 is 0 Å². The van der Waals surface area contributed by atoms with Crippen molar-refractivity contribution >= 4 is 16.8 Å². The Bertz CT molecular complexity index is 1570. The Morgan fingerprint density at radius 2 is 2.08 bits per heavy atom. The number of nitrogens with zero attached hydrogens (tertiary/aromatic N) is 5. The van der Waals surface area contributed by atoms with Gasteiger partial charge in [-0.05, 0) is 55.3 Å². The van der Waals surface area contributed by atoms with Gasteiger partial charge in [0.2, 0.25) is 0 Å². The van der Waals surface area contributed by atoms with Gasteiger partial charge in [0.05, 0.1) is 68.2 Å². The lowest BCUT2D eigenvalue weighted by atomic mass is 9.79. The molecule has 1 amide bonds. The van der Waals surface area contributed by atoms with E-state index < -0.39 is 5.41 Å². The molecule has 0 spiro atoms. The fourth-order valence-corrected chi connectivity index (χ4v) is 4.88. The van der Waals surface area contributed by atoms with Crippen molar-refractivity contribution in [2.75, 3.05) is 19.8 Å². The molecule has 1 atom stereocenters. The van der Waals surface area contributed by atoms with Crippen molar-refractivity contribution in [3.63, 3.8) is 0 Å². The molecule has 0 aliphatic carbocycles. The van der Waals surface area contributed by atoms with E-state index in [-0.39, 0.29) is 18.5 Å². The summed E-state index contributed by atoms with van der Waals surface area (Å²) in [6.07, 6.45) is 3.62. The molecule has 9 nitrogen and oxygen atoms in total. The quantitative estimate of drug-likeness (QED) is 0.451. The summed E-state index contributed by atoms with van der Waals surface area (Å²) in [6, 6.07) is 13.9. The molecule has 0 radical (unpaired) electrons. The Kier molecular flexibility index (Phi) is 5.71. The lowest BCUT2D eigenvalue weighted by molar-refractivity contribution is -0.0294. The number of ether oxygens (including phenoxy) is 2. The van der Waals surface area contributed by atoms with Crippen molar-refractivity contribution in [3.8, 4) is 17.3 Å². The van der Waals surface area contributed by atoms with Gasteiger partial charge in [-0.1, -0.05) is 6.07 Å². The van der Waals surface area contributed by atoms with Crippen LogP contribution in [0.25, 0.3) is 22.2 Å². The summed E-state index contributed by atoms with van der Waals surface area (Å²) >= 11 is 0. The summed E-state index contributed by atoms with van der Waals surface area (Å²) in [5.74, 6) is -0.221. The second-order valence-electron chi connectivity index (χ2n) is 9.84.